The number of carbonyl (C=O) groups excluding carboxylic acids is 1. The smallest absolute Gasteiger partial charge is 0.170 e. The minimum absolute atomic E-state index is 0.0959. The SMILES string of the molecule is CCCOc1ccccc1C(=O)C(CN)CCC. The Kier molecular flexibility index (Phi) is 6.44. The number of Topliss-reactive ketones (excluding diaryl/α,β-unsaturated/α-hetero) is 1. The van der Waals surface area contributed by atoms with Crippen LogP contribution in [0.25, 0.3) is 0 Å². The molecule has 0 spiro atoms. The molecule has 1 aromatic carbocycles. The number of carbonyl (C=O) groups is 1. The van der Waals surface area contributed by atoms with Gasteiger partial charge in [-0.05, 0) is 25.0 Å². The summed E-state index contributed by atoms with van der Waals surface area (Å²) in [5.41, 5.74) is 6.35. The Morgan fingerprint density at radius 1 is 1.28 bits per heavy atom. The molecule has 0 saturated carbocycles. The number of ketones is 1. The maximum absolute atomic E-state index is 12.4. The van der Waals surface area contributed by atoms with E-state index in [2.05, 4.69) is 6.92 Å². The molecule has 0 heterocycles. The summed E-state index contributed by atoms with van der Waals surface area (Å²) in [5, 5.41) is 0. The van der Waals surface area contributed by atoms with Gasteiger partial charge in [0.2, 0.25) is 0 Å². The van der Waals surface area contributed by atoms with Crippen LogP contribution >= 0.6 is 0 Å². The molecule has 3 heteroatoms. The van der Waals surface area contributed by atoms with Crippen LogP contribution in [0.4, 0.5) is 0 Å². The Bertz CT molecular complexity index is 377. The predicted octanol–water partition coefficient (Wildman–Crippen LogP) is 3.03. The Morgan fingerprint density at radius 2 is 2.00 bits per heavy atom. The largest absolute Gasteiger partial charge is 0.493 e. The molecule has 1 atom stereocenters. The molecule has 0 fully saturated rings. The molecule has 0 bridgehead atoms. The monoisotopic (exact) mass is 249 g/mol. The quantitative estimate of drug-likeness (QED) is 0.720. The van der Waals surface area contributed by atoms with Crippen LogP contribution < -0.4 is 10.5 Å². The van der Waals surface area contributed by atoms with Crippen LogP contribution in [0.2, 0.25) is 0 Å². The van der Waals surface area contributed by atoms with Gasteiger partial charge in [0.25, 0.3) is 0 Å². The number of hydrogen-bond acceptors (Lipinski definition) is 3. The van der Waals surface area contributed by atoms with E-state index in [1.54, 1.807) is 0 Å². The maximum atomic E-state index is 12.4. The summed E-state index contributed by atoms with van der Waals surface area (Å²) < 4.78 is 5.62. The van der Waals surface area contributed by atoms with Gasteiger partial charge in [-0.3, -0.25) is 4.79 Å². The van der Waals surface area contributed by atoms with Gasteiger partial charge in [-0.25, -0.2) is 0 Å². The van der Waals surface area contributed by atoms with Gasteiger partial charge in [0.1, 0.15) is 5.75 Å². The molecule has 0 radical (unpaired) electrons. The second-order valence-corrected chi connectivity index (χ2v) is 4.43. The number of hydrogen-bond donors (Lipinski definition) is 1. The first-order chi connectivity index (χ1) is 8.74. The summed E-state index contributed by atoms with van der Waals surface area (Å²) in [6.07, 6.45) is 2.72. The highest BCUT2D eigenvalue weighted by Crippen LogP contribution is 2.23. The minimum Gasteiger partial charge on any atom is -0.493 e. The van der Waals surface area contributed by atoms with Crippen molar-refractivity contribution in [3.05, 3.63) is 29.8 Å². The summed E-state index contributed by atoms with van der Waals surface area (Å²) in [6.45, 7) is 5.14. The molecule has 0 amide bonds. The highest BCUT2D eigenvalue weighted by Gasteiger charge is 2.20. The van der Waals surface area contributed by atoms with E-state index in [1.165, 1.54) is 0 Å². The van der Waals surface area contributed by atoms with Gasteiger partial charge < -0.3 is 10.5 Å². The van der Waals surface area contributed by atoms with E-state index in [-0.39, 0.29) is 11.7 Å². The fourth-order valence-corrected chi connectivity index (χ4v) is 1.93. The van der Waals surface area contributed by atoms with Gasteiger partial charge in [-0.1, -0.05) is 32.4 Å². The number of nitrogens with two attached hydrogens (primary N) is 1. The lowest BCUT2D eigenvalue weighted by molar-refractivity contribution is 0.0913. The topological polar surface area (TPSA) is 52.3 Å². The zero-order chi connectivity index (χ0) is 13.4. The van der Waals surface area contributed by atoms with Gasteiger partial charge >= 0.3 is 0 Å². The molecule has 3 nitrogen and oxygen atoms in total. The second kappa shape index (κ2) is 7.88. The molecule has 0 aromatic heterocycles. The van der Waals surface area contributed by atoms with Gasteiger partial charge in [0, 0.05) is 12.5 Å². The Morgan fingerprint density at radius 3 is 2.61 bits per heavy atom. The molecule has 18 heavy (non-hydrogen) atoms. The van der Waals surface area contributed by atoms with Crippen LogP contribution in [0.1, 0.15) is 43.5 Å². The van der Waals surface area contributed by atoms with Crippen molar-refractivity contribution in [3.63, 3.8) is 0 Å². The van der Waals surface area contributed by atoms with Crippen LogP contribution in [-0.4, -0.2) is 18.9 Å². The molecule has 0 aliphatic carbocycles. The van der Waals surface area contributed by atoms with Crippen molar-refractivity contribution in [1.82, 2.24) is 0 Å². The van der Waals surface area contributed by atoms with Crippen LogP contribution in [0.15, 0.2) is 24.3 Å². The fraction of sp³-hybridized carbons (Fsp3) is 0.533. The Balaban J connectivity index is 2.89. The van der Waals surface area contributed by atoms with E-state index in [4.69, 9.17) is 10.5 Å². The second-order valence-electron chi connectivity index (χ2n) is 4.43. The fourth-order valence-electron chi connectivity index (χ4n) is 1.93. The van der Waals surface area contributed by atoms with Crippen molar-refractivity contribution in [2.75, 3.05) is 13.2 Å². The third-order valence-corrected chi connectivity index (χ3v) is 2.91. The molecule has 2 N–H and O–H groups in total. The summed E-state index contributed by atoms with van der Waals surface area (Å²) >= 11 is 0. The van der Waals surface area contributed by atoms with Gasteiger partial charge in [-0.2, -0.15) is 0 Å². The first kappa shape index (κ1) is 14.7. The number of ether oxygens (including phenoxy) is 1. The molecule has 0 aliphatic rings. The van der Waals surface area contributed by atoms with E-state index in [0.29, 0.717) is 24.5 Å². The van der Waals surface area contributed by atoms with E-state index in [9.17, 15) is 4.79 Å². The summed E-state index contributed by atoms with van der Waals surface area (Å²) in [5.74, 6) is 0.686. The van der Waals surface area contributed by atoms with Crippen molar-refractivity contribution >= 4 is 5.78 Å². The van der Waals surface area contributed by atoms with Crippen LogP contribution in [0.5, 0.6) is 5.75 Å². The molecule has 0 aliphatic heterocycles. The van der Waals surface area contributed by atoms with Crippen LogP contribution in [0, 0.1) is 5.92 Å². The standard InChI is InChI=1S/C15H23NO2/c1-3-7-12(11-16)15(17)13-8-5-6-9-14(13)18-10-4-2/h5-6,8-9,12H,3-4,7,10-11,16H2,1-2H3. The number of para-hydroxylation sites is 1. The molecule has 1 rings (SSSR count). The van der Waals surface area contributed by atoms with Gasteiger partial charge in [-0.15, -0.1) is 0 Å². The van der Waals surface area contributed by atoms with Gasteiger partial charge in [0.05, 0.1) is 12.2 Å². The Hall–Kier alpha value is -1.35. The number of benzene rings is 1. The third-order valence-electron chi connectivity index (χ3n) is 2.91. The summed E-state index contributed by atoms with van der Waals surface area (Å²) in [7, 11) is 0. The lowest BCUT2D eigenvalue weighted by Gasteiger charge is -2.15. The highest BCUT2D eigenvalue weighted by molar-refractivity contribution is 6.00. The van der Waals surface area contributed by atoms with Crippen molar-refractivity contribution in [2.45, 2.75) is 33.1 Å². The van der Waals surface area contributed by atoms with E-state index < -0.39 is 0 Å². The first-order valence-corrected chi connectivity index (χ1v) is 6.70. The maximum Gasteiger partial charge on any atom is 0.170 e. The zero-order valence-electron chi connectivity index (χ0n) is 11.3. The molecular weight excluding hydrogens is 226 g/mol. The first-order valence-electron chi connectivity index (χ1n) is 6.70. The predicted molar refractivity (Wildman–Crippen MR) is 74.0 cm³/mol. The van der Waals surface area contributed by atoms with E-state index in [0.717, 1.165) is 19.3 Å². The number of rotatable bonds is 8. The lowest BCUT2D eigenvalue weighted by atomic mass is 9.93. The normalized spacial score (nSPS) is 12.2. The van der Waals surface area contributed by atoms with E-state index >= 15 is 0 Å². The molecule has 1 unspecified atom stereocenters. The molecule has 1 aromatic rings. The zero-order valence-corrected chi connectivity index (χ0v) is 11.3. The minimum atomic E-state index is -0.0959. The van der Waals surface area contributed by atoms with Crippen molar-refractivity contribution in [1.29, 1.82) is 0 Å². The Labute approximate surface area is 109 Å². The summed E-state index contributed by atoms with van der Waals surface area (Å²) in [6, 6.07) is 7.43. The summed E-state index contributed by atoms with van der Waals surface area (Å²) in [4.78, 5) is 12.4. The highest BCUT2D eigenvalue weighted by atomic mass is 16.5. The molecular formula is C15H23NO2. The average Bonchev–Trinajstić information content (AvgIpc) is 2.42. The third kappa shape index (κ3) is 3.84. The van der Waals surface area contributed by atoms with Crippen LogP contribution in [0.3, 0.4) is 0 Å². The van der Waals surface area contributed by atoms with Gasteiger partial charge in [0.15, 0.2) is 5.78 Å². The van der Waals surface area contributed by atoms with Crippen molar-refractivity contribution < 1.29 is 9.53 Å². The average molecular weight is 249 g/mol. The van der Waals surface area contributed by atoms with E-state index in [1.807, 2.05) is 31.2 Å². The van der Waals surface area contributed by atoms with Crippen LogP contribution in [-0.2, 0) is 0 Å². The molecule has 100 valence electrons. The van der Waals surface area contributed by atoms with Crippen molar-refractivity contribution in [2.24, 2.45) is 11.7 Å². The van der Waals surface area contributed by atoms with Crippen molar-refractivity contribution in [3.8, 4) is 5.75 Å². The molecule has 0 saturated heterocycles. The lowest BCUT2D eigenvalue weighted by Crippen LogP contribution is -2.24.